The van der Waals surface area contributed by atoms with Crippen LogP contribution in [0.5, 0.6) is 0 Å². The van der Waals surface area contributed by atoms with Gasteiger partial charge in [0.1, 0.15) is 0 Å². The number of aromatic nitrogens is 3. The van der Waals surface area contributed by atoms with Gasteiger partial charge in [-0.15, -0.1) is 10.2 Å². The Bertz CT molecular complexity index is 1040. The Morgan fingerprint density at radius 2 is 1.82 bits per heavy atom. The number of nitrogens with one attached hydrogen (secondary N) is 1. The Labute approximate surface area is 170 Å². The van der Waals surface area contributed by atoms with Crippen LogP contribution in [0.2, 0.25) is 0 Å². The highest BCUT2D eigenvalue weighted by atomic mass is 32.2. The Kier molecular flexibility index (Phi) is 6.12. The normalized spacial score (nSPS) is 13.7. The predicted octanol–water partition coefficient (Wildman–Crippen LogP) is 3.80. The van der Waals surface area contributed by atoms with Crippen molar-refractivity contribution < 1.29 is 8.42 Å². The van der Waals surface area contributed by atoms with Crippen LogP contribution in [-0.4, -0.2) is 35.0 Å². The standard InChI is InChI=1S/C20H26N4O2S2/c1-20(2,3)15-8-10-16(11-9-15)28(25,26)23-17(12-14-27-4)19-22-21-18-7-5-6-13-24(18)19/h5-11,13,17,23H,12,14H2,1-4H3/t17-/m0/s1. The molecule has 0 saturated heterocycles. The van der Waals surface area contributed by atoms with E-state index in [2.05, 4.69) is 35.7 Å². The Balaban J connectivity index is 1.91. The van der Waals surface area contributed by atoms with Gasteiger partial charge in [0, 0.05) is 6.20 Å². The molecule has 0 spiro atoms. The minimum absolute atomic E-state index is 0.0307. The molecule has 1 N–H and O–H groups in total. The van der Waals surface area contributed by atoms with Crippen LogP contribution in [0.15, 0.2) is 53.6 Å². The van der Waals surface area contributed by atoms with Crippen LogP contribution < -0.4 is 4.72 Å². The van der Waals surface area contributed by atoms with Gasteiger partial charge in [0.15, 0.2) is 11.5 Å². The third-order valence-corrected chi connectivity index (χ3v) is 6.72. The topological polar surface area (TPSA) is 76.4 Å². The lowest BCUT2D eigenvalue weighted by Crippen LogP contribution is -2.30. The summed E-state index contributed by atoms with van der Waals surface area (Å²) in [5, 5.41) is 8.41. The van der Waals surface area contributed by atoms with Crippen molar-refractivity contribution in [1.82, 2.24) is 19.3 Å². The zero-order chi connectivity index (χ0) is 20.4. The highest BCUT2D eigenvalue weighted by Gasteiger charge is 2.25. The lowest BCUT2D eigenvalue weighted by molar-refractivity contribution is 0.536. The van der Waals surface area contributed by atoms with E-state index in [9.17, 15) is 8.42 Å². The molecule has 0 saturated carbocycles. The van der Waals surface area contributed by atoms with Crippen molar-refractivity contribution in [1.29, 1.82) is 0 Å². The van der Waals surface area contributed by atoms with Crippen LogP contribution in [0.1, 0.15) is 44.6 Å². The summed E-state index contributed by atoms with van der Waals surface area (Å²) in [6.45, 7) is 6.30. The van der Waals surface area contributed by atoms with Gasteiger partial charge in [-0.3, -0.25) is 4.40 Å². The quantitative estimate of drug-likeness (QED) is 0.632. The van der Waals surface area contributed by atoms with Gasteiger partial charge in [-0.1, -0.05) is 39.0 Å². The van der Waals surface area contributed by atoms with E-state index < -0.39 is 16.1 Å². The van der Waals surface area contributed by atoms with Crippen molar-refractivity contribution in [3.8, 4) is 0 Å². The van der Waals surface area contributed by atoms with Gasteiger partial charge in [0.2, 0.25) is 10.0 Å². The molecule has 0 aliphatic heterocycles. The van der Waals surface area contributed by atoms with Crippen LogP contribution in [0.4, 0.5) is 0 Å². The van der Waals surface area contributed by atoms with Crippen LogP contribution in [-0.2, 0) is 15.4 Å². The van der Waals surface area contributed by atoms with Gasteiger partial charge >= 0.3 is 0 Å². The van der Waals surface area contributed by atoms with Gasteiger partial charge in [-0.25, -0.2) is 13.1 Å². The summed E-state index contributed by atoms with van der Waals surface area (Å²) in [6.07, 6.45) is 4.47. The molecule has 28 heavy (non-hydrogen) atoms. The molecular formula is C20H26N4O2S2. The summed E-state index contributed by atoms with van der Waals surface area (Å²) >= 11 is 1.67. The molecule has 6 nitrogen and oxygen atoms in total. The largest absolute Gasteiger partial charge is 0.285 e. The van der Waals surface area contributed by atoms with Gasteiger partial charge in [-0.2, -0.15) is 11.8 Å². The fourth-order valence-corrected chi connectivity index (χ4v) is 4.66. The van der Waals surface area contributed by atoms with Gasteiger partial charge < -0.3 is 0 Å². The molecule has 0 aliphatic carbocycles. The molecule has 0 aliphatic rings. The summed E-state index contributed by atoms with van der Waals surface area (Å²) in [4.78, 5) is 0.253. The fourth-order valence-electron chi connectivity index (χ4n) is 2.96. The van der Waals surface area contributed by atoms with Gasteiger partial charge in [-0.05, 0) is 53.7 Å². The first-order valence-electron chi connectivity index (χ1n) is 9.14. The van der Waals surface area contributed by atoms with E-state index in [0.29, 0.717) is 17.9 Å². The van der Waals surface area contributed by atoms with Crippen LogP contribution >= 0.6 is 11.8 Å². The third-order valence-electron chi connectivity index (χ3n) is 4.59. The Morgan fingerprint density at radius 1 is 1.11 bits per heavy atom. The van der Waals surface area contributed by atoms with Gasteiger partial charge in [0.25, 0.3) is 0 Å². The van der Waals surface area contributed by atoms with Crippen molar-refractivity contribution >= 4 is 27.4 Å². The number of thioether (sulfide) groups is 1. The summed E-state index contributed by atoms with van der Waals surface area (Å²) in [5.41, 5.74) is 1.76. The minimum atomic E-state index is -3.69. The maximum atomic E-state index is 13.0. The number of sulfonamides is 1. The molecule has 3 rings (SSSR count). The van der Waals surface area contributed by atoms with Crippen molar-refractivity contribution in [3.63, 3.8) is 0 Å². The lowest BCUT2D eigenvalue weighted by atomic mass is 9.87. The average molecular weight is 419 g/mol. The maximum Gasteiger partial charge on any atom is 0.241 e. The van der Waals surface area contributed by atoms with E-state index in [0.717, 1.165) is 11.3 Å². The van der Waals surface area contributed by atoms with Crippen molar-refractivity contribution in [3.05, 3.63) is 60.0 Å². The Hall–Kier alpha value is -1.90. The van der Waals surface area contributed by atoms with Crippen LogP contribution in [0.3, 0.4) is 0 Å². The number of benzene rings is 1. The van der Waals surface area contributed by atoms with Crippen molar-refractivity contribution in [2.24, 2.45) is 0 Å². The minimum Gasteiger partial charge on any atom is -0.285 e. The van der Waals surface area contributed by atoms with Crippen molar-refractivity contribution in [2.45, 2.75) is 43.5 Å². The molecular weight excluding hydrogens is 392 g/mol. The van der Waals surface area contributed by atoms with E-state index in [1.165, 1.54) is 0 Å². The second-order valence-electron chi connectivity index (χ2n) is 7.72. The monoisotopic (exact) mass is 418 g/mol. The van der Waals surface area contributed by atoms with E-state index >= 15 is 0 Å². The number of fused-ring (bicyclic) bond motifs is 1. The molecule has 2 aromatic heterocycles. The summed E-state index contributed by atoms with van der Waals surface area (Å²) in [6, 6.07) is 12.2. The molecule has 0 unspecified atom stereocenters. The SMILES string of the molecule is CSCC[C@H](NS(=O)(=O)c1ccc(C(C)(C)C)cc1)c1nnc2ccccn12. The highest BCUT2D eigenvalue weighted by Crippen LogP contribution is 2.25. The van der Waals surface area contributed by atoms with Crippen molar-refractivity contribution in [2.75, 3.05) is 12.0 Å². The summed E-state index contributed by atoms with van der Waals surface area (Å²) in [7, 11) is -3.69. The maximum absolute atomic E-state index is 13.0. The number of pyridine rings is 1. The molecule has 2 heterocycles. The van der Waals surface area contributed by atoms with E-state index in [1.807, 2.05) is 47.2 Å². The molecule has 0 bridgehead atoms. The molecule has 0 radical (unpaired) electrons. The Morgan fingerprint density at radius 3 is 2.46 bits per heavy atom. The highest BCUT2D eigenvalue weighted by molar-refractivity contribution is 7.98. The first-order chi connectivity index (χ1) is 13.2. The first-order valence-corrected chi connectivity index (χ1v) is 12.0. The zero-order valence-electron chi connectivity index (χ0n) is 16.6. The number of hydrogen-bond acceptors (Lipinski definition) is 5. The number of hydrogen-bond donors (Lipinski definition) is 1. The fraction of sp³-hybridized carbons (Fsp3) is 0.400. The second-order valence-corrected chi connectivity index (χ2v) is 10.4. The molecule has 3 aromatic rings. The summed E-state index contributed by atoms with van der Waals surface area (Å²) in [5.74, 6) is 1.40. The van der Waals surface area contributed by atoms with E-state index in [-0.39, 0.29) is 10.3 Å². The molecule has 0 fully saturated rings. The number of nitrogens with zero attached hydrogens (tertiary/aromatic N) is 3. The average Bonchev–Trinajstić information content (AvgIpc) is 3.08. The second kappa shape index (κ2) is 8.23. The van der Waals surface area contributed by atoms with E-state index in [1.54, 1.807) is 23.9 Å². The lowest BCUT2D eigenvalue weighted by Gasteiger charge is -2.20. The third kappa shape index (κ3) is 4.56. The van der Waals surface area contributed by atoms with E-state index in [4.69, 9.17) is 0 Å². The van der Waals surface area contributed by atoms with Gasteiger partial charge in [0.05, 0.1) is 10.9 Å². The van der Waals surface area contributed by atoms with Crippen LogP contribution in [0, 0.1) is 0 Å². The molecule has 8 heteroatoms. The molecule has 150 valence electrons. The number of rotatable bonds is 7. The van der Waals surface area contributed by atoms with Crippen LogP contribution in [0.25, 0.3) is 5.65 Å². The first kappa shape index (κ1) is 20.8. The predicted molar refractivity (Wildman–Crippen MR) is 114 cm³/mol. The molecule has 1 atom stereocenters. The smallest absolute Gasteiger partial charge is 0.241 e. The molecule has 0 amide bonds. The zero-order valence-corrected chi connectivity index (χ0v) is 18.2. The molecule has 1 aromatic carbocycles. The summed E-state index contributed by atoms with van der Waals surface area (Å²) < 4.78 is 30.7.